The lowest BCUT2D eigenvalue weighted by Gasteiger charge is -2.21. The van der Waals surface area contributed by atoms with E-state index in [0.29, 0.717) is 22.1 Å². The molecule has 0 radical (unpaired) electrons. The second-order valence-corrected chi connectivity index (χ2v) is 9.97. The molecule has 0 heterocycles. The lowest BCUT2D eigenvalue weighted by atomic mass is 10.1. The Bertz CT molecular complexity index is 1310. The van der Waals surface area contributed by atoms with Crippen LogP contribution in [0.25, 0.3) is 0 Å². The lowest BCUT2D eigenvalue weighted by Crippen LogP contribution is -2.39. The summed E-state index contributed by atoms with van der Waals surface area (Å²) >= 11 is 5.92. The number of hydrazone groups is 1. The van der Waals surface area contributed by atoms with E-state index in [2.05, 4.69) is 10.5 Å². The Morgan fingerprint density at radius 2 is 1.77 bits per heavy atom. The first kappa shape index (κ1) is 26.2. The minimum Gasteiger partial charge on any atom is -0.493 e. The lowest BCUT2D eigenvalue weighted by molar-refractivity contribution is -0.121. The summed E-state index contributed by atoms with van der Waals surface area (Å²) in [6.07, 6.45) is 1.40. The highest BCUT2D eigenvalue weighted by atomic mass is 35.5. The minimum atomic E-state index is -4.00. The molecule has 0 aromatic heterocycles. The fourth-order valence-electron chi connectivity index (χ4n) is 3.38. The first-order chi connectivity index (χ1) is 16.7. The Labute approximate surface area is 210 Å². The van der Waals surface area contributed by atoms with Gasteiger partial charge in [-0.05, 0) is 48.9 Å². The Kier molecular flexibility index (Phi) is 8.86. The number of hydrogen-bond donors (Lipinski definition) is 1. The zero-order valence-electron chi connectivity index (χ0n) is 19.6. The molecule has 3 rings (SSSR count). The number of nitrogens with one attached hydrogen (secondary N) is 1. The second-order valence-electron chi connectivity index (χ2n) is 7.59. The molecule has 0 spiro atoms. The van der Waals surface area contributed by atoms with Crippen molar-refractivity contribution in [2.45, 2.75) is 18.4 Å². The number of para-hydroxylation sites is 1. The number of rotatable bonds is 10. The van der Waals surface area contributed by atoms with Crippen LogP contribution in [0.15, 0.2) is 76.7 Å². The van der Waals surface area contributed by atoms with Crippen LogP contribution in [0.2, 0.25) is 5.02 Å². The maximum atomic E-state index is 13.4. The number of halogens is 1. The summed E-state index contributed by atoms with van der Waals surface area (Å²) in [5.41, 5.74) is 4.70. The molecule has 0 fully saturated rings. The van der Waals surface area contributed by atoms with Gasteiger partial charge in [0, 0.05) is 17.1 Å². The van der Waals surface area contributed by atoms with Crippen molar-refractivity contribution < 1.29 is 22.7 Å². The van der Waals surface area contributed by atoms with Gasteiger partial charge in [0.25, 0.3) is 5.91 Å². The van der Waals surface area contributed by atoms with Crippen molar-refractivity contribution in [3.05, 3.63) is 88.4 Å². The van der Waals surface area contributed by atoms with Crippen LogP contribution in [0.4, 0.5) is 0 Å². The quantitative estimate of drug-likeness (QED) is 0.325. The van der Waals surface area contributed by atoms with E-state index in [1.807, 2.05) is 31.2 Å². The number of sulfonamides is 1. The second kappa shape index (κ2) is 11.8. The maximum absolute atomic E-state index is 13.4. The van der Waals surface area contributed by atoms with Gasteiger partial charge in [-0.25, -0.2) is 13.8 Å². The van der Waals surface area contributed by atoms with Crippen LogP contribution in [-0.2, 0) is 21.4 Å². The van der Waals surface area contributed by atoms with Crippen molar-refractivity contribution in [1.82, 2.24) is 9.73 Å². The van der Waals surface area contributed by atoms with E-state index < -0.39 is 22.5 Å². The molecular weight excluding hydrogens is 490 g/mol. The van der Waals surface area contributed by atoms with E-state index in [9.17, 15) is 13.2 Å². The molecule has 8 nitrogen and oxygen atoms in total. The van der Waals surface area contributed by atoms with Crippen LogP contribution in [0.5, 0.6) is 11.5 Å². The smallest absolute Gasteiger partial charge is 0.255 e. The average Bonchev–Trinajstić information content (AvgIpc) is 2.83. The molecule has 0 unspecified atom stereocenters. The van der Waals surface area contributed by atoms with Crippen molar-refractivity contribution >= 4 is 33.7 Å². The standard InChI is InChI=1S/C25H26ClN3O5S/c1-18-6-4-7-19(14-18)16-29(35(31,32)22-12-10-21(26)11-13-22)17-24(30)28-27-15-20-8-5-9-23(33-2)25(20)34-3/h4-15H,16-17H2,1-3H3,(H,28,30)/b27-15-. The number of aryl methyl sites for hydroxylation is 1. The van der Waals surface area contributed by atoms with E-state index in [0.717, 1.165) is 15.4 Å². The molecule has 0 atom stereocenters. The largest absolute Gasteiger partial charge is 0.493 e. The maximum Gasteiger partial charge on any atom is 0.255 e. The molecule has 1 amide bonds. The van der Waals surface area contributed by atoms with Crippen molar-refractivity contribution in [3.63, 3.8) is 0 Å². The number of ether oxygens (including phenoxy) is 2. The number of nitrogens with zero attached hydrogens (tertiary/aromatic N) is 2. The number of amides is 1. The van der Waals surface area contributed by atoms with Gasteiger partial charge in [0.05, 0.1) is 31.9 Å². The zero-order valence-corrected chi connectivity index (χ0v) is 21.1. The molecular formula is C25H26ClN3O5S. The van der Waals surface area contributed by atoms with Crippen molar-refractivity contribution in [2.24, 2.45) is 5.10 Å². The summed E-state index contributed by atoms with van der Waals surface area (Å²) in [5.74, 6) is 0.369. The Hall–Kier alpha value is -3.40. The third-order valence-electron chi connectivity index (χ3n) is 5.04. The third-order valence-corrected chi connectivity index (χ3v) is 7.10. The number of benzene rings is 3. The normalized spacial score (nSPS) is 11.6. The van der Waals surface area contributed by atoms with Crippen LogP contribution < -0.4 is 14.9 Å². The molecule has 10 heteroatoms. The summed E-state index contributed by atoms with van der Waals surface area (Å²) in [5, 5.41) is 4.38. The van der Waals surface area contributed by atoms with Crippen LogP contribution in [0, 0.1) is 6.92 Å². The number of carbonyl (C=O) groups excluding carboxylic acids is 1. The van der Waals surface area contributed by atoms with E-state index in [4.69, 9.17) is 21.1 Å². The Balaban J connectivity index is 1.81. The van der Waals surface area contributed by atoms with Gasteiger partial charge in [-0.1, -0.05) is 47.5 Å². The fourth-order valence-corrected chi connectivity index (χ4v) is 4.89. The Morgan fingerprint density at radius 3 is 2.43 bits per heavy atom. The molecule has 0 saturated carbocycles. The van der Waals surface area contributed by atoms with Gasteiger partial charge in [-0.15, -0.1) is 0 Å². The van der Waals surface area contributed by atoms with Gasteiger partial charge in [-0.2, -0.15) is 9.41 Å². The van der Waals surface area contributed by atoms with E-state index in [1.165, 1.54) is 44.7 Å². The molecule has 1 N–H and O–H groups in total. The van der Waals surface area contributed by atoms with Gasteiger partial charge in [-0.3, -0.25) is 4.79 Å². The van der Waals surface area contributed by atoms with Crippen molar-refractivity contribution in [2.75, 3.05) is 20.8 Å². The van der Waals surface area contributed by atoms with Crippen molar-refractivity contribution in [1.29, 1.82) is 0 Å². The monoisotopic (exact) mass is 515 g/mol. The summed E-state index contributed by atoms with van der Waals surface area (Å²) in [7, 11) is -0.978. The zero-order chi connectivity index (χ0) is 25.4. The first-order valence-electron chi connectivity index (χ1n) is 10.6. The van der Waals surface area contributed by atoms with E-state index in [1.54, 1.807) is 18.2 Å². The number of methoxy groups -OCH3 is 2. The predicted octanol–water partition coefficient (Wildman–Crippen LogP) is 4.01. The van der Waals surface area contributed by atoms with Crippen molar-refractivity contribution in [3.8, 4) is 11.5 Å². The third kappa shape index (κ3) is 6.82. The molecule has 3 aromatic rings. The SMILES string of the molecule is COc1cccc(/C=N\NC(=O)CN(Cc2cccc(C)c2)S(=O)(=O)c2ccc(Cl)cc2)c1OC. The van der Waals surface area contributed by atoms with Crippen LogP contribution in [0.3, 0.4) is 0 Å². The fraction of sp³-hybridized carbons (Fsp3) is 0.200. The highest BCUT2D eigenvalue weighted by Gasteiger charge is 2.27. The highest BCUT2D eigenvalue weighted by molar-refractivity contribution is 7.89. The highest BCUT2D eigenvalue weighted by Crippen LogP contribution is 2.29. The molecule has 0 bridgehead atoms. The molecule has 0 aliphatic heterocycles. The Morgan fingerprint density at radius 1 is 1.06 bits per heavy atom. The van der Waals surface area contributed by atoms with Gasteiger partial charge in [0.15, 0.2) is 11.5 Å². The minimum absolute atomic E-state index is 0.00742. The molecule has 3 aromatic carbocycles. The van der Waals surface area contributed by atoms with E-state index >= 15 is 0 Å². The summed E-state index contributed by atoms with van der Waals surface area (Å²) < 4.78 is 38.4. The molecule has 184 valence electrons. The first-order valence-corrected chi connectivity index (χ1v) is 12.4. The summed E-state index contributed by atoms with van der Waals surface area (Å²) in [4.78, 5) is 12.7. The van der Waals surface area contributed by atoms with Crippen LogP contribution in [0.1, 0.15) is 16.7 Å². The molecule has 0 aliphatic rings. The summed E-state index contributed by atoms with van der Waals surface area (Å²) in [6.45, 7) is 1.48. The average molecular weight is 516 g/mol. The topological polar surface area (TPSA) is 97.3 Å². The van der Waals surface area contributed by atoms with Gasteiger partial charge >= 0.3 is 0 Å². The molecule has 35 heavy (non-hydrogen) atoms. The van der Waals surface area contributed by atoms with Gasteiger partial charge < -0.3 is 9.47 Å². The number of carbonyl (C=O) groups is 1. The van der Waals surface area contributed by atoms with Gasteiger partial charge in [0.2, 0.25) is 10.0 Å². The van der Waals surface area contributed by atoms with Crippen LogP contribution >= 0.6 is 11.6 Å². The number of hydrogen-bond acceptors (Lipinski definition) is 6. The van der Waals surface area contributed by atoms with Gasteiger partial charge in [0.1, 0.15) is 0 Å². The molecule has 0 aliphatic carbocycles. The predicted molar refractivity (Wildman–Crippen MR) is 136 cm³/mol. The van der Waals surface area contributed by atoms with E-state index in [-0.39, 0.29) is 11.4 Å². The summed E-state index contributed by atoms with van der Waals surface area (Å²) in [6, 6.07) is 18.5. The van der Waals surface area contributed by atoms with Crippen LogP contribution in [-0.4, -0.2) is 45.6 Å². The molecule has 0 saturated heterocycles.